The third-order valence-corrected chi connectivity index (χ3v) is 6.41. The number of alkyl halides is 3. The zero-order valence-corrected chi connectivity index (χ0v) is 14.9. The van der Waals surface area contributed by atoms with Crippen LogP contribution in [0.4, 0.5) is 18.9 Å². The number of nitrogens with zero attached hydrogens (tertiary/aromatic N) is 2. The highest BCUT2D eigenvalue weighted by Gasteiger charge is 2.37. The molecule has 1 aliphatic rings. The van der Waals surface area contributed by atoms with E-state index in [1.54, 1.807) is 6.07 Å². The van der Waals surface area contributed by atoms with Crippen LogP contribution in [0.5, 0.6) is 0 Å². The Balaban J connectivity index is 2.11. The standard InChI is InChI=1S/C16H14F3N3O2S2/c17-16(18,19)13-10-12(26(23,24)11-4-2-1-3-5-11)6-7-14(13)22(20)15-21-8-9-25-15/h1-7,10H,8-9,20H2. The molecule has 26 heavy (non-hydrogen) atoms. The van der Waals surface area contributed by atoms with Gasteiger partial charge in [-0.3, -0.25) is 10.0 Å². The molecule has 10 heteroatoms. The van der Waals surface area contributed by atoms with Crippen molar-refractivity contribution in [1.29, 1.82) is 0 Å². The second-order valence-corrected chi connectivity index (χ2v) is 8.39. The molecule has 0 aromatic heterocycles. The van der Waals surface area contributed by atoms with Gasteiger partial charge in [0.1, 0.15) is 0 Å². The van der Waals surface area contributed by atoms with Crippen LogP contribution in [-0.4, -0.2) is 25.9 Å². The minimum atomic E-state index is -4.78. The van der Waals surface area contributed by atoms with E-state index in [-0.39, 0.29) is 15.8 Å². The number of benzene rings is 2. The quantitative estimate of drug-likeness (QED) is 0.631. The molecule has 0 spiro atoms. The number of halogens is 3. The molecule has 1 heterocycles. The van der Waals surface area contributed by atoms with Crippen LogP contribution in [0, 0.1) is 0 Å². The number of amidine groups is 1. The van der Waals surface area contributed by atoms with Gasteiger partial charge < -0.3 is 0 Å². The van der Waals surface area contributed by atoms with Gasteiger partial charge in [-0.1, -0.05) is 30.0 Å². The number of hydrogen-bond acceptors (Lipinski definition) is 6. The lowest BCUT2D eigenvalue weighted by molar-refractivity contribution is -0.137. The van der Waals surface area contributed by atoms with Gasteiger partial charge in [-0.05, 0) is 30.3 Å². The average Bonchev–Trinajstić information content (AvgIpc) is 3.15. The third kappa shape index (κ3) is 3.57. The normalized spacial score (nSPS) is 15.0. The highest BCUT2D eigenvalue weighted by Crippen LogP contribution is 2.39. The van der Waals surface area contributed by atoms with Gasteiger partial charge in [0.2, 0.25) is 9.84 Å². The van der Waals surface area contributed by atoms with Crippen LogP contribution in [-0.2, 0) is 16.0 Å². The van der Waals surface area contributed by atoms with Gasteiger partial charge in [0.25, 0.3) is 0 Å². The molecule has 3 rings (SSSR count). The first-order valence-corrected chi connectivity index (χ1v) is 9.91. The van der Waals surface area contributed by atoms with E-state index in [1.165, 1.54) is 36.0 Å². The van der Waals surface area contributed by atoms with E-state index in [2.05, 4.69) is 4.99 Å². The van der Waals surface area contributed by atoms with Crippen LogP contribution in [0.25, 0.3) is 0 Å². The molecule has 0 amide bonds. The van der Waals surface area contributed by atoms with E-state index < -0.39 is 26.5 Å². The molecule has 0 saturated carbocycles. The average molecular weight is 401 g/mol. The minimum Gasteiger partial charge on any atom is -0.260 e. The lowest BCUT2D eigenvalue weighted by Gasteiger charge is -2.22. The summed E-state index contributed by atoms with van der Waals surface area (Å²) in [6, 6.07) is 10.1. The van der Waals surface area contributed by atoms with Crippen LogP contribution in [0.15, 0.2) is 63.3 Å². The summed E-state index contributed by atoms with van der Waals surface area (Å²) in [7, 11) is -4.08. The van der Waals surface area contributed by atoms with Crippen molar-refractivity contribution < 1.29 is 21.6 Å². The van der Waals surface area contributed by atoms with Crippen LogP contribution >= 0.6 is 11.8 Å². The van der Waals surface area contributed by atoms with E-state index in [0.717, 1.165) is 17.1 Å². The van der Waals surface area contributed by atoms with Crippen LogP contribution < -0.4 is 10.9 Å². The first kappa shape index (κ1) is 18.7. The molecule has 1 aliphatic heterocycles. The van der Waals surface area contributed by atoms with E-state index in [4.69, 9.17) is 5.84 Å². The molecule has 5 nitrogen and oxygen atoms in total. The van der Waals surface area contributed by atoms with Crippen molar-refractivity contribution in [2.24, 2.45) is 10.8 Å². The molecule has 0 aliphatic carbocycles. The SMILES string of the molecule is NN(C1=NCCS1)c1ccc(S(=O)(=O)c2ccccc2)cc1C(F)(F)F. The maximum Gasteiger partial charge on any atom is 0.418 e. The Labute approximate surface area is 152 Å². The predicted molar refractivity (Wildman–Crippen MR) is 94.8 cm³/mol. The first-order chi connectivity index (χ1) is 12.2. The number of hydrogen-bond donors (Lipinski definition) is 1. The zero-order chi connectivity index (χ0) is 18.9. The zero-order valence-electron chi connectivity index (χ0n) is 13.3. The largest absolute Gasteiger partial charge is 0.418 e. The van der Waals surface area contributed by atoms with Gasteiger partial charge in [-0.25, -0.2) is 14.3 Å². The molecule has 2 aromatic rings. The second kappa shape index (κ2) is 6.93. The number of aliphatic imine (C=N–C) groups is 1. The molecule has 2 aromatic carbocycles. The van der Waals surface area contributed by atoms with Crippen molar-refractivity contribution in [3.63, 3.8) is 0 Å². The summed E-state index contributed by atoms with van der Waals surface area (Å²) in [5.41, 5.74) is -1.48. The maximum absolute atomic E-state index is 13.5. The molecular formula is C16H14F3N3O2S2. The van der Waals surface area contributed by atoms with Crippen molar-refractivity contribution in [3.05, 3.63) is 54.1 Å². The number of thioether (sulfide) groups is 1. The third-order valence-electron chi connectivity index (χ3n) is 3.67. The molecule has 0 atom stereocenters. The Kier molecular flexibility index (Phi) is 5.00. The van der Waals surface area contributed by atoms with Crippen molar-refractivity contribution in [2.75, 3.05) is 17.3 Å². The van der Waals surface area contributed by atoms with Crippen LogP contribution in [0.3, 0.4) is 0 Å². The summed E-state index contributed by atoms with van der Waals surface area (Å²) in [6.07, 6.45) is -4.78. The number of hydrazine groups is 1. The fourth-order valence-electron chi connectivity index (χ4n) is 2.43. The van der Waals surface area contributed by atoms with Crippen molar-refractivity contribution in [3.8, 4) is 0 Å². The van der Waals surface area contributed by atoms with E-state index in [0.29, 0.717) is 18.4 Å². The summed E-state index contributed by atoms with van der Waals surface area (Å²) in [4.78, 5) is 3.52. The van der Waals surface area contributed by atoms with E-state index >= 15 is 0 Å². The topological polar surface area (TPSA) is 75.8 Å². The molecule has 0 unspecified atom stereocenters. The smallest absolute Gasteiger partial charge is 0.260 e. The molecule has 2 N–H and O–H groups in total. The number of sulfone groups is 1. The Bertz CT molecular complexity index is 945. The molecule has 0 bridgehead atoms. The monoisotopic (exact) mass is 401 g/mol. The Hall–Kier alpha value is -2.04. The minimum absolute atomic E-state index is 0.0822. The second-order valence-electron chi connectivity index (χ2n) is 5.38. The van der Waals surface area contributed by atoms with Gasteiger partial charge in [0.05, 0.1) is 27.6 Å². The Morgan fingerprint density at radius 2 is 1.77 bits per heavy atom. The highest BCUT2D eigenvalue weighted by atomic mass is 32.2. The lowest BCUT2D eigenvalue weighted by Crippen LogP contribution is -2.36. The van der Waals surface area contributed by atoms with Crippen molar-refractivity contribution in [1.82, 2.24) is 0 Å². The Morgan fingerprint density at radius 1 is 1.08 bits per heavy atom. The van der Waals surface area contributed by atoms with Gasteiger partial charge in [-0.2, -0.15) is 13.2 Å². The van der Waals surface area contributed by atoms with E-state index in [1.807, 2.05) is 0 Å². The molecule has 0 fully saturated rings. The van der Waals surface area contributed by atoms with Gasteiger partial charge in [-0.15, -0.1) is 0 Å². The highest BCUT2D eigenvalue weighted by molar-refractivity contribution is 8.14. The summed E-state index contributed by atoms with van der Waals surface area (Å²) in [5, 5.41) is 1.11. The first-order valence-electron chi connectivity index (χ1n) is 7.45. The van der Waals surface area contributed by atoms with Crippen LogP contribution in [0.2, 0.25) is 0 Å². The fraction of sp³-hybridized carbons (Fsp3) is 0.188. The summed E-state index contributed by atoms with van der Waals surface area (Å²) < 4.78 is 65.8. The van der Waals surface area contributed by atoms with Gasteiger partial charge in [0.15, 0.2) is 5.17 Å². The summed E-state index contributed by atoms with van der Waals surface area (Å²) >= 11 is 1.24. The number of nitrogens with two attached hydrogens (primary N) is 1. The molecule has 138 valence electrons. The van der Waals surface area contributed by atoms with Gasteiger partial charge in [0, 0.05) is 5.75 Å². The van der Waals surface area contributed by atoms with Crippen molar-refractivity contribution in [2.45, 2.75) is 16.0 Å². The molecule has 0 radical (unpaired) electrons. The Morgan fingerprint density at radius 3 is 2.35 bits per heavy atom. The molecule has 0 saturated heterocycles. The fourth-order valence-corrected chi connectivity index (χ4v) is 4.52. The summed E-state index contributed by atoms with van der Waals surface area (Å²) in [5.74, 6) is 6.43. The molecular weight excluding hydrogens is 387 g/mol. The number of rotatable bonds is 3. The number of anilines is 1. The lowest BCUT2D eigenvalue weighted by atomic mass is 10.1. The summed E-state index contributed by atoms with van der Waals surface area (Å²) in [6.45, 7) is 0.468. The van der Waals surface area contributed by atoms with E-state index in [9.17, 15) is 21.6 Å². The van der Waals surface area contributed by atoms with Crippen molar-refractivity contribution >= 4 is 32.5 Å². The predicted octanol–water partition coefficient (Wildman–Crippen LogP) is 3.32. The maximum atomic E-state index is 13.5. The van der Waals surface area contributed by atoms with Gasteiger partial charge >= 0.3 is 6.18 Å². The van der Waals surface area contributed by atoms with Crippen LogP contribution in [0.1, 0.15) is 5.56 Å².